The number of hydrogen-bond acceptors (Lipinski definition) is 5. The van der Waals surface area contributed by atoms with Gasteiger partial charge in [-0.3, -0.25) is 4.79 Å². The van der Waals surface area contributed by atoms with Gasteiger partial charge in [0.1, 0.15) is 12.9 Å². The summed E-state index contributed by atoms with van der Waals surface area (Å²) in [6, 6.07) is -0.512. The molecule has 1 atom stereocenters. The summed E-state index contributed by atoms with van der Waals surface area (Å²) < 4.78 is 10.2. The molecule has 0 fully saturated rings. The number of ether oxygens (including phenoxy) is 2. The molecule has 0 saturated carbocycles. The lowest BCUT2D eigenvalue weighted by molar-refractivity contribution is -0.129. The Bertz CT molecular complexity index is 251. The van der Waals surface area contributed by atoms with Gasteiger partial charge in [0.15, 0.2) is 0 Å². The van der Waals surface area contributed by atoms with Gasteiger partial charge < -0.3 is 25.3 Å². The van der Waals surface area contributed by atoms with Gasteiger partial charge in [-0.05, 0) is 5.41 Å². The summed E-state index contributed by atoms with van der Waals surface area (Å²) in [7, 11) is 0. The van der Waals surface area contributed by atoms with E-state index < -0.39 is 6.04 Å². The Hall–Kier alpha value is -0.980. The Morgan fingerprint density at radius 2 is 1.89 bits per heavy atom. The predicted octanol–water partition coefficient (Wildman–Crippen LogP) is -0.292. The van der Waals surface area contributed by atoms with Crippen LogP contribution in [0.3, 0.4) is 0 Å². The Labute approximate surface area is 108 Å². The fourth-order valence-corrected chi connectivity index (χ4v) is 1.14. The third-order valence-corrected chi connectivity index (χ3v) is 2.25. The molecule has 3 N–H and O–H groups in total. The number of amides is 1. The highest BCUT2D eigenvalue weighted by Crippen LogP contribution is 2.17. The van der Waals surface area contributed by atoms with Crippen molar-refractivity contribution in [1.82, 2.24) is 5.32 Å². The van der Waals surface area contributed by atoms with Gasteiger partial charge in [-0.1, -0.05) is 20.8 Å². The van der Waals surface area contributed by atoms with Gasteiger partial charge in [0.05, 0.1) is 25.9 Å². The first-order valence-corrected chi connectivity index (χ1v) is 6.02. The Balaban J connectivity index is 3.73. The first-order chi connectivity index (χ1) is 8.41. The molecule has 6 heteroatoms. The van der Waals surface area contributed by atoms with Crippen molar-refractivity contribution in [2.75, 3.05) is 33.0 Å². The minimum Gasteiger partial charge on any atom is -0.378 e. The number of aldehydes is 1. The minimum absolute atomic E-state index is 0.0770. The van der Waals surface area contributed by atoms with E-state index in [-0.39, 0.29) is 17.9 Å². The normalized spacial score (nSPS) is 13.1. The van der Waals surface area contributed by atoms with Crippen LogP contribution in [-0.2, 0) is 19.1 Å². The molecule has 1 amide bonds. The molecule has 1 unspecified atom stereocenters. The second-order valence-electron chi connectivity index (χ2n) is 5.00. The zero-order valence-electron chi connectivity index (χ0n) is 11.4. The van der Waals surface area contributed by atoms with Crippen molar-refractivity contribution in [3.8, 4) is 0 Å². The van der Waals surface area contributed by atoms with Crippen molar-refractivity contribution in [2.45, 2.75) is 26.8 Å². The van der Waals surface area contributed by atoms with Crippen LogP contribution in [0, 0.1) is 5.41 Å². The van der Waals surface area contributed by atoms with Gasteiger partial charge in [0.2, 0.25) is 5.91 Å². The van der Waals surface area contributed by atoms with Gasteiger partial charge >= 0.3 is 0 Å². The fourth-order valence-electron chi connectivity index (χ4n) is 1.14. The van der Waals surface area contributed by atoms with E-state index in [1.807, 2.05) is 20.8 Å². The van der Waals surface area contributed by atoms with Gasteiger partial charge in [-0.2, -0.15) is 0 Å². The summed E-state index contributed by atoms with van der Waals surface area (Å²) in [5.41, 5.74) is 4.94. The maximum absolute atomic E-state index is 11.5. The van der Waals surface area contributed by atoms with E-state index in [4.69, 9.17) is 15.2 Å². The zero-order chi connectivity index (χ0) is 14.0. The van der Waals surface area contributed by atoms with E-state index in [1.54, 1.807) is 0 Å². The monoisotopic (exact) mass is 260 g/mol. The van der Waals surface area contributed by atoms with E-state index in [1.165, 1.54) is 0 Å². The molecule has 0 aromatic rings. The highest BCUT2D eigenvalue weighted by atomic mass is 16.5. The average Bonchev–Trinajstić information content (AvgIpc) is 2.29. The van der Waals surface area contributed by atoms with Crippen molar-refractivity contribution in [3.05, 3.63) is 0 Å². The predicted molar refractivity (Wildman–Crippen MR) is 68.1 cm³/mol. The summed E-state index contributed by atoms with van der Waals surface area (Å²) in [5.74, 6) is -0.305. The zero-order valence-corrected chi connectivity index (χ0v) is 11.4. The number of nitrogens with one attached hydrogen (secondary N) is 1. The van der Waals surface area contributed by atoms with Gasteiger partial charge in [0, 0.05) is 6.54 Å². The van der Waals surface area contributed by atoms with Crippen LogP contribution in [0.1, 0.15) is 20.8 Å². The molecule has 0 bridgehead atoms. The molecule has 0 rings (SSSR count). The molecule has 0 aromatic heterocycles. The molecule has 0 radical (unpaired) electrons. The molecule has 0 spiro atoms. The van der Waals surface area contributed by atoms with Crippen molar-refractivity contribution in [2.24, 2.45) is 11.1 Å². The lowest BCUT2D eigenvalue weighted by atomic mass is 9.88. The molecular weight excluding hydrogens is 236 g/mol. The maximum Gasteiger partial charge on any atom is 0.246 e. The van der Waals surface area contributed by atoms with Gasteiger partial charge in [-0.15, -0.1) is 0 Å². The van der Waals surface area contributed by atoms with Crippen molar-refractivity contribution >= 4 is 12.2 Å². The van der Waals surface area contributed by atoms with Crippen molar-refractivity contribution < 1.29 is 19.1 Å². The molecule has 0 aromatic carbocycles. The van der Waals surface area contributed by atoms with Crippen molar-refractivity contribution in [1.29, 1.82) is 0 Å². The van der Waals surface area contributed by atoms with Crippen LogP contribution in [0.2, 0.25) is 0 Å². The molecule has 18 heavy (non-hydrogen) atoms. The SMILES string of the molecule is CC(C)(C)C(C=O)NC(=O)COCCOCCN. The first kappa shape index (κ1) is 17.0. The van der Waals surface area contributed by atoms with E-state index in [2.05, 4.69) is 5.32 Å². The second kappa shape index (κ2) is 9.02. The van der Waals surface area contributed by atoms with Crippen LogP contribution in [0.4, 0.5) is 0 Å². The summed E-state index contributed by atoms with van der Waals surface area (Å²) in [5, 5.41) is 2.62. The number of nitrogens with two attached hydrogens (primary N) is 1. The molecule has 0 aliphatic heterocycles. The Kier molecular flexibility index (Phi) is 8.53. The van der Waals surface area contributed by atoms with Crippen LogP contribution in [0.25, 0.3) is 0 Å². The Morgan fingerprint density at radius 1 is 1.28 bits per heavy atom. The molecular formula is C12H24N2O4. The summed E-state index contributed by atoms with van der Waals surface area (Å²) in [6.07, 6.45) is 0.738. The maximum atomic E-state index is 11.5. The van der Waals surface area contributed by atoms with Crippen LogP contribution >= 0.6 is 0 Å². The third kappa shape index (κ3) is 8.16. The van der Waals surface area contributed by atoms with Crippen LogP contribution < -0.4 is 11.1 Å². The molecule has 0 aliphatic carbocycles. The smallest absolute Gasteiger partial charge is 0.246 e. The largest absolute Gasteiger partial charge is 0.378 e. The van der Waals surface area contributed by atoms with E-state index >= 15 is 0 Å². The molecule has 106 valence electrons. The summed E-state index contributed by atoms with van der Waals surface area (Å²) in [6.45, 7) is 7.25. The van der Waals surface area contributed by atoms with Crippen LogP contribution in [-0.4, -0.2) is 51.2 Å². The van der Waals surface area contributed by atoms with Gasteiger partial charge in [0.25, 0.3) is 0 Å². The lowest BCUT2D eigenvalue weighted by Gasteiger charge is -2.26. The standard InChI is InChI=1S/C12H24N2O4/c1-12(2,3)10(8-15)14-11(16)9-18-7-6-17-5-4-13/h8,10H,4-7,9,13H2,1-3H3,(H,14,16). The number of carbonyl (C=O) groups is 2. The minimum atomic E-state index is -0.512. The van der Waals surface area contributed by atoms with E-state index in [9.17, 15) is 9.59 Å². The average molecular weight is 260 g/mol. The Morgan fingerprint density at radius 3 is 2.39 bits per heavy atom. The summed E-state index contributed by atoms with van der Waals surface area (Å²) >= 11 is 0. The topological polar surface area (TPSA) is 90.7 Å². The van der Waals surface area contributed by atoms with E-state index in [0.717, 1.165) is 6.29 Å². The van der Waals surface area contributed by atoms with Gasteiger partial charge in [-0.25, -0.2) is 0 Å². The molecule has 6 nitrogen and oxygen atoms in total. The number of rotatable bonds is 9. The van der Waals surface area contributed by atoms with E-state index in [0.29, 0.717) is 26.4 Å². The highest BCUT2D eigenvalue weighted by Gasteiger charge is 2.25. The fraction of sp³-hybridized carbons (Fsp3) is 0.833. The molecule has 0 aliphatic rings. The third-order valence-electron chi connectivity index (χ3n) is 2.25. The first-order valence-electron chi connectivity index (χ1n) is 6.02. The quantitative estimate of drug-likeness (QED) is 0.439. The van der Waals surface area contributed by atoms with Crippen LogP contribution in [0.15, 0.2) is 0 Å². The van der Waals surface area contributed by atoms with Crippen LogP contribution in [0.5, 0.6) is 0 Å². The highest BCUT2D eigenvalue weighted by molar-refractivity contribution is 5.80. The second-order valence-corrected chi connectivity index (χ2v) is 5.00. The summed E-state index contributed by atoms with van der Waals surface area (Å²) in [4.78, 5) is 22.3. The lowest BCUT2D eigenvalue weighted by Crippen LogP contribution is -2.46. The number of hydrogen-bond donors (Lipinski definition) is 2. The molecule has 0 heterocycles. The number of carbonyl (C=O) groups excluding carboxylic acids is 2. The molecule has 0 saturated heterocycles. The van der Waals surface area contributed by atoms with Crippen molar-refractivity contribution in [3.63, 3.8) is 0 Å².